The Morgan fingerprint density at radius 1 is 0.829 bits per heavy atom. The summed E-state index contributed by atoms with van der Waals surface area (Å²) >= 11 is 0. The molecule has 7 heteroatoms. The van der Waals surface area contributed by atoms with Gasteiger partial charge < -0.3 is 23.4 Å². The number of esters is 1. The van der Waals surface area contributed by atoms with Gasteiger partial charge in [0.05, 0.1) is 19.8 Å². The van der Waals surface area contributed by atoms with Crippen molar-refractivity contribution in [3.63, 3.8) is 0 Å². The molecule has 4 aromatic carbocycles. The largest absolute Gasteiger partial charge is 0.497 e. The minimum Gasteiger partial charge on any atom is -0.497 e. The Hall–Kier alpha value is -5.56. The highest BCUT2D eigenvalue weighted by Crippen LogP contribution is 2.38. The molecule has 5 aromatic rings. The smallest absolute Gasteiger partial charge is 0.348 e. The van der Waals surface area contributed by atoms with Gasteiger partial charge in [0.15, 0.2) is 5.76 Å². The zero-order valence-electron chi connectivity index (χ0n) is 22.3. The molecule has 1 aliphatic rings. The maximum Gasteiger partial charge on any atom is 0.348 e. The predicted octanol–water partition coefficient (Wildman–Crippen LogP) is 7.51. The van der Waals surface area contributed by atoms with Gasteiger partial charge in [-0.2, -0.15) is 0 Å². The van der Waals surface area contributed by atoms with Gasteiger partial charge in [0.25, 0.3) is 0 Å². The molecule has 0 unspecified atom stereocenters. The highest BCUT2D eigenvalue weighted by molar-refractivity contribution is 6.13. The van der Waals surface area contributed by atoms with Crippen molar-refractivity contribution in [1.82, 2.24) is 0 Å². The van der Waals surface area contributed by atoms with Crippen LogP contribution >= 0.6 is 0 Å². The first kappa shape index (κ1) is 25.7. The third kappa shape index (κ3) is 4.96. The van der Waals surface area contributed by atoms with Crippen LogP contribution in [-0.2, 0) is 0 Å². The number of furan rings is 1. The Morgan fingerprint density at radius 2 is 1.61 bits per heavy atom. The third-order valence-corrected chi connectivity index (χ3v) is 6.65. The Balaban J connectivity index is 1.28. The molecule has 41 heavy (non-hydrogen) atoms. The van der Waals surface area contributed by atoms with Crippen molar-refractivity contribution >= 4 is 28.8 Å². The number of methoxy groups -OCH3 is 2. The number of fused-ring (bicyclic) bond motifs is 2. The molecule has 0 fully saturated rings. The Kier molecular flexibility index (Phi) is 6.83. The first-order valence-electron chi connectivity index (χ1n) is 12.8. The summed E-state index contributed by atoms with van der Waals surface area (Å²) in [5.41, 5.74) is 2.77. The third-order valence-electron chi connectivity index (χ3n) is 6.65. The number of ether oxygens (including phenoxy) is 4. The summed E-state index contributed by atoms with van der Waals surface area (Å²) in [7, 11) is 3.16. The van der Waals surface area contributed by atoms with E-state index in [1.54, 1.807) is 56.7 Å². The Morgan fingerprint density at radius 3 is 2.41 bits per heavy atom. The summed E-state index contributed by atoms with van der Waals surface area (Å²) in [6.45, 7) is 0. The van der Waals surface area contributed by atoms with Crippen LogP contribution in [0.5, 0.6) is 23.0 Å². The lowest BCUT2D eigenvalue weighted by Gasteiger charge is -2.07. The SMILES string of the molecule is COc1ccc2oc(-c3ccccc3)c(C(=O)Oc3ccc4c(c3)OC(=CC=Cc3ccccc3OC)C4=O)c2c1. The highest BCUT2D eigenvalue weighted by atomic mass is 16.5. The highest BCUT2D eigenvalue weighted by Gasteiger charge is 2.29. The van der Waals surface area contributed by atoms with E-state index in [1.165, 1.54) is 6.07 Å². The lowest BCUT2D eigenvalue weighted by molar-refractivity contribution is 0.0736. The van der Waals surface area contributed by atoms with E-state index < -0.39 is 5.97 Å². The topological polar surface area (TPSA) is 84.2 Å². The fourth-order valence-electron chi connectivity index (χ4n) is 4.65. The fraction of sp³-hybridized carbons (Fsp3) is 0.0588. The van der Waals surface area contributed by atoms with Crippen LogP contribution in [0.2, 0.25) is 0 Å². The van der Waals surface area contributed by atoms with E-state index in [2.05, 4.69) is 0 Å². The van der Waals surface area contributed by atoms with E-state index in [0.717, 1.165) is 16.9 Å². The van der Waals surface area contributed by atoms with Gasteiger partial charge in [-0.25, -0.2) is 4.79 Å². The average molecular weight is 545 g/mol. The molecule has 0 N–H and O–H groups in total. The van der Waals surface area contributed by atoms with Crippen LogP contribution in [0.1, 0.15) is 26.3 Å². The summed E-state index contributed by atoms with van der Waals surface area (Å²) in [6.07, 6.45) is 5.14. The summed E-state index contributed by atoms with van der Waals surface area (Å²) in [4.78, 5) is 26.5. The lowest BCUT2D eigenvalue weighted by atomic mass is 10.1. The molecule has 0 spiro atoms. The molecule has 0 saturated heterocycles. The molecular formula is C34H24O7. The average Bonchev–Trinajstić information content (AvgIpc) is 3.54. The lowest BCUT2D eigenvalue weighted by Crippen LogP contribution is -2.09. The summed E-state index contributed by atoms with van der Waals surface area (Å²) in [5.74, 6) is 1.50. The van der Waals surface area contributed by atoms with E-state index in [9.17, 15) is 9.59 Å². The number of allylic oxidation sites excluding steroid dienone is 3. The van der Waals surface area contributed by atoms with Crippen molar-refractivity contribution in [2.45, 2.75) is 0 Å². The van der Waals surface area contributed by atoms with Crippen LogP contribution in [0.3, 0.4) is 0 Å². The second-order valence-corrected chi connectivity index (χ2v) is 9.14. The number of carbonyl (C=O) groups excluding carboxylic acids is 2. The minimum absolute atomic E-state index is 0.161. The second-order valence-electron chi connectivity index (χ2n) is 9.14. The second kappa shape index (κ2) is 10.9. The van der Waals surface area contributed by atoms with Crippen LogP contribution < -0.4 is 18.9 Å². The van der Waals surface area contributed by atoms with Gasteiger partial charge in [-0.05, 0) is 42.5 Å². The van der Waals surface area contributed by atoms with Crippen LogP contribution in [0.25, 0.3) is 28.4 Å². The molecular weight excluding hydrogens is 520 g/mol. The summed E-state index contributed by atoms with van der Waals surface area (Å²) in [5, 5.41) is 0.563. The summed E-state index contributed by atoms with van der Waals surface area (Å²) in [6, 6.07) is 26.8. The number of hydrogen-bond acceptors (Lipinski definition) is 7. The van der Waals surface area contributed by atoms with Crippen molar-refractivity contribution in [3.8, 4) is 34.3 Å². The van der Waals surface area contributed by atoms with Crippen LogP contribution in [-0.4, -0.2) is 26.0 Å². The van der Waals surface area contributed by atoms with Crippen molar-refractivity contribution < 1.29 is 33.0 Å². The molecule has 6 rings (SSSR count). The summed E-state index contributed by atoms with van der Waals surface area (Å²) < 4.78 is 28.4. The quantitative estimate of drug-likeness (QED) is 0.119. The minimum atomic E-state index is -0.615. The maximum atomic E-state index is 13.6. The number of hydrogen-bond donors (Lipinski definition) is 0. The first-order valence-corrected chi connectivity index (χ1v) is 12.8. The number of benzene rings is 4. The van der Waals surface area contributed by atoms with Crippen LogP contribution in [0.4, 0.5) is 0 Å². The van der Waals surface area contributed by atoms with E-state index in [-0.39, 0.29) is 22.9 Å². The molecule has 7 nitrogen and oxygen atoms in total. The molecule has 202 valence electrons. The van der Waals surface area contributed by atoms with E-state index in [0.29, 0.717) is 33.8 Å². The van der Waals surface area contributed by atoms with Crippen LogP contribution in [0, 0.1) is 0 Å². The Bertz CT molecular complexity index is 1840. The first-order chi connectivity index (χ1) is 20.1. The van der Waals surface area contributed by atoms with Crippen molar-refractivity contribution in [2.75, 3.05) is 14.2 Å². The molecule has 0 atom stereocenters. The number of carbonyl (C=O) groups is 2. The molecule has 0 radical (unpaired) electrons. The maximum absolute atomic E-state index is 13.6. The molecule has 1 aliphatic heterocycles. The number of Topliss-reactive ketones (excluding diaryl/α,β-unsaturated/α-hetero) is 1. The zero-order valence-corrected chi connectivity index (χ0v) is 22.3. The standard InChI is InChI=1S/C34H24O7/c1-37-23-16-18-28-26(19-23)31(33(41-28)22-10-4-3-5-11-22)34(36)39-24-15-17-25-30(20-24)40-29(32(25)35)14-8-12-21-9-6-7-13-27(21)38-2/h3-20H,1-2H3. The van der Waals surface area contributed by atoms with Gasteiger partial charge in [-0.15, -0.1) is 0 Å². The van der Waals surface area contributed by atoms with Gasteiger partial charge in [0.2, 0.25) is 5.78 Å². The van der Waals surface area contributed by atoms with E-state index >= 15 is 0 Å². The van der Waals surface area contributed by atoms with Crippen molar-refractivity contribution in [1.29, 1.82) is 0 Å². The predicted molar refractivity (Wildman–Crippen MR) is 155 cm³/mol. The van der Waals surface area contributed by atoms with Gasteiger partial charge in [-0.3, -0.25) is 4.79 Å². The molecule has 0 amide bonds. The molecule has 2 heterocycles. The fourth-order valence-corrected chi connectivity index (χ4v) is 4.65. The normalized spacial score (nSPS) is 13.4. The number of ketones is 1. The van der Waals surface area contributed by atoms with Gasteiger partial charge >= 0.3 is 5.97 Å². The van der Waals surface area contributed by atoms with E-state index in [4.69, 9.17) is 23.4 Å². The zero-order chi connectivity index (χ0) is 28.3. The van der Waals surface area contributed by atoms with Crippen LogP contribution in [0.15, 0.2) is 113 Å². The Labute approximate surface area is 235 Å². The van der Waals surface area contributed by atoms with Crippen molar-refractivity contribution in [3.05, 3.63) is 126 Å². The molecule has 1 aromatic heterocycles. The molecule has 0 saturated carbocycles. The number of para-hydroxylation sites is 1. The van der Waals surface area contributed by atoms with Crippen molar-refractivity contribution in [2.24, 2.45) is 0 Å². The van der Waals surface area contributed by atoms with Gasteiger partial charge in [0.1, 0.15) is 39.9 Å². The number of rotatable bonds is 7. The van der Waals surface area contributed by atoms with Gasteiger partial charge in [-0.1, -0.05) is 60.7 Å². The molecule has 0 aliphatic carbocycles. The van der Waals surface area contributed by atoms with E-state index in [1.807, 2.05) is 60.7 Å². The molecule has 0 bridgehead atoms. The monoisotopic (exact) mass is 544 g/mol. The van der Waals surface area contributed by atoms with Gasteiger partial charge in [0, 0.05) is 22.6 Å².